The zero-order valence-corrected chi connectivity index (χ0v) is 18.3. The summed E-state index contributed by atoms with van der Waals surface area (Å²) in [7, 11) is -3.83. The van der Waals surface area contributed by atoms with E-state index in [4.69, 9.17) is 4.74 Å². The second kappa shape index (κ2) is 8.46. The molecule has 0 saturated carbocycles. The Labute approximate surface area is 173 Å². The normalized spacial score (nSPS) is 11.4. The molecule has 2 aromatic heterocycles. The number of esters is 1. The van der Waals surface area contributed by atoms with Gasteiger partial charge in [-0.05, 0) is 49.4 Å². The first kappa shape index (κ1) is 20.6. The van der Waals surface area contributed by atoms with Crippen molar-refractivity contribution < 1.29 is 17.9 Å². The van der Waals surface area contributed by atoms with Crippen LogP contribution in [0.15, 0.2) is 46.7 Å². The Kier molecular flexibility index (Phi) is 6.22. The van der Waals surface area contributed by atoms with Gasteiger partial charge in [0.15, 0.2) is 0 Å². The topological polar surface area (TPSA) is 72.5 Å². The van der Waals surface area contributed by atoms with Gasteiger partial charge in [-0.15, -0.1) is 22.7 Å². The molecule has 148 valence electrons. The predicted molar refractivity (Wildman–Crippen MR) is 115 cm³/mol. The van der Waals surface area contributed by atoms with Crippen LogP contribution >= 0.6 is 22.7 Å². The van der Waals surface area contributed by atoms with Crippen molar-refractivity contribution in [2.45, 2.75) is 32.1 Å². The van der Waals surface area contributed by atoms with Gasteiger partial charge in [0.05, 0.1) is 11.5 Å². The van der Waals surface area contributed by atoms with E-state index in [-0.39, 0.29) is 22.1 Å². The second-order valence-electron chi connectivity index (χ2n) is 6.04. The van der Waals surface area contributed by atoms with Gasteiger partial charge in [-0.1, -0.05) is 25.1 Å². The van der Waals surface area contributed by atoms with Gasteiger partial charge in [0, 0.05) is 15.3 Å². The number of carbonyl (C=O) groups excluding carboxylic acids is 1. The van der Waals surface area contributed by atoms with Gasteiger partial charge in [-0.25, -0.2) is 13.2 Å². The summed E-state index contributed by atoms with van der Waals surface area (Å²) >= 11 is 2.73. The van der Waals surface area contributed by atoms with Crippen LogP contribution in [0.25, 0.3) is 10.4 Å². The van der Waals surface area contributed by atoms with E-state index in [1.54, 1.807) is 31.2 Å². The van der Waals surface area contributed by atoms with Crippen molar-refractivity contribution in [3.05, 3.63) is 57.8 Å². The molecule has 0 radical (unpaired) electrons. The summed E-state index contributed by atoms with van der Waals surface area (Å²) in [6.45, 7) is 5.81. The summed E-state index contributed by atoms with van der Waals surface area (Å²) in [5.41, 5.74) is 2.04. The van der Waals surface area contributed by atoms with Gasteiger partial charge in [-0.2, -0.15) is 0 Å². The Hall–Kier alpha value is -2.16. The molecule has 0 saturated heterocycles. The van der Waals surface area contributed by atoms with Crippen LogP contribution in [0.4, 0.5) is 5.00 Å². The third-order valence-corrected chi connectivity index (χ3v) is 7.60. The molecule has 5 nitrogen and oxygen atoms in total. The molecule has 0 aliphatic carbocycles. The third kappa shape index (κ3) is 4.14. The summed E-state index contributed by atoms with van der Waals surface area (Å²) in [5.74, 6) is -0.533. The number of benzene rings is 1. The van der Waals surface area contributed by atoms with Crippen LogP contribution in [0.2, 0.25) is 0 Å². The Morgan fingerprint density at radius 3 is 2.43 bits per heavy atom. The number of sulfonamides is 1. The number of anilines is 1. The average molecular weight is 436 g/mol. The molecule has 0 spiro atoms. The largest absolute Gasteiger partial charge is 0.462 e. The van der Waals surface area contributed by atoms with Crippen LogP contribution in [0.5, 0.6) is 0 Å². The van der Waals surface area contributed by atoms with Crippen LogP contribution in [0.3, 0.4) is 0 Å². The minimum atomic E-state index is -3.83. The van der Waals surface area contributed by atoms with Gasteiger partial charge in [-0.3, -0.25) is 4.72 Å². The van der Waals surface area contributed by atoms with Crippen LogP contribution in [-0.2, 0) is 21.2 Å². The molecular formula is C20H21NO4S3. The van der Waals surface area contributed by atoms with E-state index in [0.717, 1.165) is 27.3 Å². The van der Waals surface area contributed by atoms with E-state index in [1.165, 1.54) is 22.7 Å². The Morgan fingerprint density at radius 2 is 1.86 bits per heavy atom. The summed E-state index contributed by atoms with van der Waals surface area (Å²) in [6, 6.07) is 10.5. The quantitative estimate of drug-likeness (QED) is 0.510. The molecule has 1 aromatic carbocycles. The molecule has 0 unspecified atom stereocenters. The smallest absolute Gasteiger partial charge is 0.341 e. The summed E-state index contributed by atoms with van der Waals surface area (Å²) < 4.78 is 33.6. The highest BCUT2D eigenvalue weighted by atomic mass is 32.2. The van der Waals surface area contributed by atoms with Gasteiger partial charge >= 0.3 is 5.97 Å². The van der Waals surface area contributed by atoms with Crippen LogP contribution in [0, 0.1) is 6.92 Å². The molecule has 3 aromatic rings. The Morgan fingerprint density at radius 1 is 1.14 bits per heavy atom. The fraction of sp³-hybridized carbons (Fsp3) is 0.250. The zero-order valence-electron chi connectivity index (χ0n) is 15.8. The lowest BCUT2D eigenvalue weighted by atomic mass is 10.1. The van der Waals surface area contributed by atoms with Crippen molar-refractivity contribution in [2.24, 2.45) is 0 Å². The summed E-state index contributed by atoms with van der Waals surface area (Å²) in [4.78, 5) is 14.6. The summed E-state index contributed by atoms with van der Waals surface area (Å²) in [5, 5.41) is 2.19. The number of thiophene rings is 2. The monoisotopic (exact) mass is 435 g/mol. The Bertz CT molecular complexity index is 1070. The molecule has 0 aliphatic rings. The highest BCUT2D eigenvalue weighted by molar-refractivity contribution is 7.93. The third-order valence-electron chi connectivity index (χ3n) is 4.20. The molecule has 0 aliphatic heterocycles. The second-order valence-corrected chi connectivity index (χ2v) is 9.89. The fourth-order valence-corrected chi connectivity index (χ4v) is 6.08. The molecule has 3 rings (SSSR count). The maximum absolute atomic E-state index is 12.9. The van der Waals surface area contributed by atoms with Gasteiger partial charge < -0.3 is 4.74 Å². The Balaban J connectivity index is 2.05. The standard InChI is InChI=1S/C20H21NO4S3/c1-4-14-8-10-15(11-9-14)28(23,24)21-19-18(20(22)25-5-2)17(13(3)27-19)16-7-6-12-26-16/h6-12,21H,4-5H2,1-3H3. The highest BCUT2D eigenvalue weighted by Crippen LogP contribution is 2.42. The zero-order chi connectivity index (χ0) is 20.3. The molecule has 2 heterocycles. The molecule has 1 N–H and O–H groups in total. The first-order valence-electron chi connectivity index (χ1n) is 8.83. The van der Waals surface area contributed by atoms with Crippen LogP contribution in [-0.4, -0.2) is 21.0 Å². The lowest BCUT2D eigenvalue weighted by Crippen LogP contribution is -2.15. The van der Waals surface area contributed by atoms with E-state index in [1.807, 2.05) is 31.4 Å². The number of ether oxygens (including phenoxy) is 1. The molecule has 0 fully saturated rings. The number of hydrogen-bond acceptors (Lipinski definition) is 6. The van der Waals surface area contributed by atoms with Crippen molar-refractivity contribution in [3.8, 4) is 10.4 Å². The first-order valence-corrected chi connectivity index (χ1v) is 12.0. The molecular weight excluding hydrogens is 414 g/mol. The first-order chi connectivity index (χ1) is 13.4. The van der Waals surface area contributed by atoms with Crippen molar-refractivity contribution in [1.29, 1.82) is 0 Å². The van der Waals surface area contributed by atoms with Crippen molar-refractivity contribution in [1.82, 2.24) is 0 Å². The van der Waals surface area contributed by atoms with E-state index in [0.29, 0.717) is 0 Å². The van der Waals surface area contributed by atoms with E-state index in [2.05, 4.69) is 4.72 Å². The van der Waals surface area contributed by atoms with Crippen molar-refractivity contribution in [3.63, 3.8) is 0 Å². The van der Waals surface area contributed by atoms with Gasteiger partial charge in [0.25, 0.3) is 10.0 Å². The number of carbonyl (C=O) groups is 1. The average Bonchev–Trinajstić information content (AvgIpc) is 3.29. The van der Waals surface area contributed by atoms with Crippen molar-refractivity contribution >= 4 is 43.7 Å². The van der Waals surface area contributed by atoms with Crippen LogP contribution < -0.4 is 4.72 Å². The predicted octanol–water partition coefficient (Wildman–Crippen LogP) is 5.32. The number of nitrogens with one attached hydrogen (secondary N) is 1. The lowest BCUT2D eigenvalue weighted by Gasteiger charge is -2.10. The van der Waals surface area contributed by atoms with Crippen molar-refractivity contribution in [2.75, 3.05) is 11.3 Å². The van der Waals surface area contributed by atoms with E-state index in [9.17, 15) is 13.2 Å². The van der Waals surface area contributed by atoms with E-state index >= 15 is 0 Å². The van der Waals surface area contributed by atoms with E-state index < -0.39 is 16.0 Å². The lowest BCUT2D eigenvalue weighted by molar-refractivity contribution is 0.0529. The minimum absolute atomic E-state index is 0.156. The maximum atomic E-state index is 12.9. The van der Waals surface area contributed by atoms with Gasteiger partial charge in [0.2, 0.25) is 0 Å². The number of rotatable bonds is 7. The molecule has 0 bridgehead atoms. The minimum Gasteiger partial charge on any atom is -0.462 e. The molecule has 0 atom stereocenters. The fourth-order valence-electron chi connectivity index (χ4n) is 2.82. The molecule has 28 heavy (non-hydrogen) atoms. The van der Waals surface area contributed by atoms with Gasteiger partial charge in [0.1, 0.15) is 10.6 Å². The SMILES string of the molecule is CCOC(=O)c1c(NS(=O)(=O)c2ccc(CC)cc2)sc(C)c1-c1cccs1. The molecule has 0 amide bonds. The maximum Gasteiger partial charge on any atom is 0.341 e. The molecule has 8 heteroatoms. The summed E-state index contributed by atoms with van der Waals surface area (Å²) in [6.07, 6.45) is 0.828. The number of hydrogen-bond donors (Lipinski definition) is 1. The highest BCUT2D eigenvalue weighted by Gasteiger charge is 2.28. The van der Waals surface area contributed by atoms with Crippen LogP contribution in [0.1, 0.15) is 34.6 Å². The number of aryl methyl sites for hydroxylation is 2.